The second kappa shape index (κ2) is 5.92. The number of H-pyrrole nitrogens is 1. The third-order valence-corrected chi connectivity index (χ3v) is 3.70. The van der Waals surface area contributed by atoms with E-state index in [1.807, 2.05) is 13.0 Å². The van der Waals surface area contributed by atoms with Crippen LogP contribution < -0.4 is 5.32 Å². The number of aryl methyl sites for hydroxylation is 1. The van der Waals surface area contributed by atoms with E-state index in [9.17, 15) is 9.59 Å². The lowest BCUT2D eigenvalue weighted by Gasteiger charge is -2.09. The SMILES string of the molecule is Cc1ccc(C(=O)O)cc1CNC(=O)c1cnc2[nH]ccc2c1. The standard InChI is InChI=1S/C17H15N3O3/c1-10-2-3-12(17(22)23)7-13(10)8-20-16(21)14-6-11-4-5-18-15(11)19-9-14/h2-7,9H,8H2,1H3,(H,18,19)(H,20,21)(H,22,23). The van der Waals surface area contributed by atoms with Crippen LogP contribution in [0.4, 0.5) is 0 Å². The summed E-state index contributed by atoms with van der Waals surface area (Å²) in [5.41, 5.74) is 3.09. The molecule has 2 aromatic heterocycles. The summed E-state index contributed by atoms with van der Waals surface area (Å²) in [6.45, 7) is 2.14. The molecule has 6 nitrogen and oxygen atoms in total. The summed E-state index contributed by atoms with van der Waals surface area (Å²) in [5.74, 6) is -1.24. The van der Waals surface area contributed by atoms with Gasteiger partial charge in [-0.2, -0.15) is 0 Å². The molecule has 0 spiro atoms. The van der Waals surface area contributed by atoms with Crippen LogP contribution in [-0.2, 0) is 6.54 Å². The van der Waals surface area contributed by atoms with Crippen molar-refractivity contribution in [2.24, 2.45) is 0 Å². The number of amides is 1. The van der Waals surface area contributed by atoms with Gasteiger partial charge in [-0.1, -0.05) is 6.07 Å². The quantitative estimate of drug-likeness (QED) is 0.690. The number of nitrogens with one attached hydrogen (secondary N) is 2. The van der Waals surface area contributed by atoms with E-state index in [0.29, 0.717) is 5.56 Å². The third-order valence-electron chi connectivity index (χ3n) is 3.70. The van der Waals surface area contributed by atoms with Gasteiger partial charge in [0.05, 0.1) is 11.1 Å². The van der Waals surface area contributed by atoms with Crippen molar-refractivity contribution in [3.63, 3.8) is 0 Å². The zero-order chi connectivity index (χ0) is 16.4. The normalized spacial score (nSPS) is 10.7. The van der Waals surface area contributed by atoms with Gasteiger partial charge in [-0.3, -0.25) is 4.79 Å². The predicted molar refractivity (Wildman–Crippen MR) is 85.4 cm³/mol. The number of carboxylic acid groups (broad SMARTS) is 1. The lowest BCUT2D eigenvalue weighted by atomic mass is 10.0. The molecule has 0 saturated carbocycles. The van der Waals surface area contributed by atoms with Crippen LogP contribution in [0.2, 0.25) is 0 Å². The van der Waals surface area contributed by atoms with Crippen LogP contribution in [-0.4, -0.2) is 27.0 Å². The maximum absolute atomic E-state index is 12.2. The van der Waals surface area contributed by atoms with Crippen molar-refractivity contribution in [3.8, 4) is 0 Å². The Balaban J connectivity index is 1.76. The van der Waals surface area contributed by atoms with Crippen LogP contribution in [0, 0.1) is 6.92 Å². The molecule has 1 amide bonds. The Kier molecular flexibility index (Phi) is 3.80. The highest BCUT2D eigenvalue weighted by Crippen LogP contribution is 2.13. The summed E-state index contributed by atoms with van der Waals surface area (Å²) in [5, 5.41) is 12.7. The van der Waals surface area contributed by atoms with Gasteiger partial charge in [0.25, 0.3) is 5.91 Å². The average Bonchev–Trinajstić information content (AvgIpc) is 3.01. The van der Waals surface area contributed by atoms with Gasteiger partial charge in [0.2, 0.25) is 0 Å². The summed E-state index contributed by atoms with van der Waals surface area (Å²) in [7, 11) is 0. The van der Waals surface area contributed by atoms with E-state index < -0.39 is 5.97 Å². The Hall–Kier alpha value is -3.15. The highest BCUT2D eigenvalue weighted by Gasteiger charge is 2.10. The Bertz CT molecular complexity index is 899. The molecule has 3 aromatic rings. The van der Waals surface area contributed by atoms with E-state index in [-0.39, 0.29) is 18.0 Å². The maximum atomic E-state index is 12.2. The molecular formula is C17H15N3O3. The molecule has 0 fully saturated rings. The lowest BCUT2D eigenvalue weighted by molar-refractivity contribution is 0.0696. The fourth-order valence-corrected chi connectivity index (χ4v) is 2.34. The fourth-order valence-electron chi connectivity index (χ4n) is 2.34. The lowest BCUT2D eigenvalue weighted by Crippen LogP contribution is -2.23. The molecule has 0 aliphatic carbocycles. The molecule has 0 bridgehead atoms. The predicted octanol–water partition coefficient (Wildman–Crippen LogP) is 2.50. The first-order chi connectivity index (χ1) is 11.0. The molecule has 3 rings (SSSR count). The van der Waals surface area contributed by atoms with Crippen LogP contribution >= 0.6 is 0 Å². The molecule has 0 radical (unpaired) electrons. The molecule has 23 heavy (non-hydrogen) atoms. The van der Waals surface area contributed by atoms with E-state index in [1.54, 1.807) is 30.5 Å². The van der Waals surface area contributed by atoms with Crippen molar-refractivity contribution in [3.05, 3.63) is 65.0 Å². The Morgan fingerprint density at radius 3 is 2.83 bits per heavy atom. The third kappa shape index (κ3) is 3.06. The summed E-state index contributed by atoms with van der Waals surface area (Å²) in [4.78, 5) is 30.4. The minimum absolute atomic E-state index is 0.204. The van der Waals surface area contributed by atoms with Crippen molar-refractivity contribution in [2.45, 2.75) is 13.5 Å². The number of benzene rings is 1. The van der Waals surface area contributed by atoms with Gasteiger partial charge in [-0.25, -0.2) is 9.78 Å². The number of aromatic amines is 1. The van der Waals surface area contributed by atoms with E-state index in [4.69, 9.17) is 5.11 Å². The molecule has 3 N–H and O–H groups in total. The number of aromatic carboxylic acids is 1. The minimum Gasteiger partial charge on any atom is -0.478 e. The average molecular weight is 309 g/mol. The van der Waals surface area contributed by atoms with E-state index in [2.05, 4.69) is 15.3 Å². The number of hydrogen-bond donors (Lipinski definition) is 3. The summed E-state index contributed by atoms with van der Waals surface area (Å²) in [6.07, 6.45) is 3.27. The van der Waals surface area contributed by atoms with Gasteiger partial charge in [0.15, 0.2) is 0 Å². The summed E-state index contributed by atoms with van der Waals surface area (Å²) in [6, 6.07) is 8.46. The van der Waals surface area contributed by atoms with Crippen molar-refractivity contribution in [1.29, 1.82) is 0 Å². The first-order valence-electron chi connectivity index (χ1n) is 7.09. The molecule has 2 heterocycles. The monoisotopic (exact) mass is 309 g/mol. The molecule has 0 aliphatic heterocycles. The van der Waals surface area contributed by atoms with Crippen LogP contribution in [0.25, 0.3) is 11.0 Å². The topological polar surface area (TPSA) is 95.1 Å². The summed E-state index contributed by atoms with van der Waals surface area (Å²) >= 11 is 0. The summed E-state index contributed by atoms with van der Waals surface area (Å²) < 4.78 is 0. The first-order valence-corrected chi connectivity index (χ1v) is 7.09. The van der Waals surface area contributed by atoms with Crippen LogP contribution in [0.3, 0.4) is 0 Å². The van der Waals surface area contributed by atoms with Crippen molar-refractivity contribution < 1.29 is 14.7 Å². The van der Waals surface area contributed by atoms with Crippen molar-refractivity contribution in [2.75, 3.05) is 0 Å². The van der Waals surface area contributed by atoms with Gasteiger partial charge in [0, 0.05) is 24.3 Å². The number of nitrogens with zero attached hydrogens (tertiary/aromatic N) is 1. The van der Waals surface area contributed by atoms with Gasteiger partial charge in [0.1, 0.15) is 5.65 Å². The second-order valence-electron chi connectivity index (χ2n) is 5.27. The largest absolute Gasteiger partial charge is 0.478 e. The zero-order valence-corrected chi connectivity index (χ0v) is 12.5. The van der Waals surface area contributed by atoms with E-state index in [1.165, 1.54) is 6.20 Å². The Labute approximate surface area is 132 Å². The smallest absolute Gasteiger partial charge is 0.335 e. The van der Waals surface area contributed by atoms with Crippen molar-refractivity contribution >= 4 is 22.9 Å². The zero-order valence-electron chi connectivity index (χ0n) is 12.5. The van der Waals surface area contributed by atoms with Crippen LogP contribution in [0.15, 0.2) is 42.7 Å². The fraction of sp³-hybridized carbons (Fsp3) is 0.118. The molecule has 0 atom stereocenters. The van der Waals surface area contributed by atoms with Crippen LogP contribution in [0.1, 0.15) is 31.8 Å². The van der Waals surface area contributed by atoms with E-state index >= 15 is 0 Å². The minimum atomic E-state index is -0.986. The number of rotatable bonds is 4. The Morgan fingerprint density at radius 1 is 1.22 bits per heavy atom. The molecule has 116 valence electrons. The van der Waals surface area contributed by atoms with Gasteiger partial charge in [-0.15, -0.1) is 0 Å². The highest BCUT2D eigenvalue weighted by atomic mass is 16.4. The number of carbonyl (C=O) groups excluding carboxylic acids is 1. The second-order valence-corrected chi connectivity index (χ2v) is 5.27. The van der Waals surface area contributed by atoms with Crippen molar-refractivity contribution in [1.82, 2.24) is 15.3 Å². The first kappa shape index (κ1) is 14.8. The Morgan fingerprint density at radius 2 is 2.04 bits per heavy atom. The number of carbonyl (C=O) groups is 2. The molecular weight excluding hydrogens is 294 g/mol. The molecule has 6 heteroatoms. The van der Waals surface area contributed by atoms with Gasteiger partial charge >= 0.3 is 5.97 Å². The van der Waals surface area contributed by atoms with Gasteiger partial charge in [-0.05, 0) is 42.3 Å². The molecule has 0 aliphatic rings. The van der Waals surface area contributed by atoms with E-state index in [0.717, 1.165) is 22.2 Å². The number of fused-ring (bicyclic) bond motifs is 1. The van der Waals surface area contributed by atoms with Crippen LogP contribution in [0.5, 0.6) is 0 Å². The number of hydrogen-bond acceptors (Lipinski definition) is 3. The molecule has 0 saturated heterocycles. The van der Waals surface area contributed by atoms with Gasteiger partial charge < -0.3 is 15.4 Å². The number of pyridine rings is 1. The number of aromatic nitrogens is 2. The molecule has 1 aromatic carbocycles. The molecule has 0 unspecified atom stereocenters. The number of carboxylic acids is 1. The highest BCUT2D eigenvalue weighted by molar-refractivity contribution is 5.96. The maximum Gasteiger partial charge on any atom is 0.335 e.